The Labute approximate surface area is 89.3 Å². The summed E-state index contributed by atoms with van der Waals surface area (Å²) in [4.78, 5) is 20.1. The molecule has 2 N–H and O–H groups in total. The van der Waals surface area contributed by atoms with E-state index in [2.05, 4.69) is 0 Å². The first kappa shape index (κ1) is 12.0. The van der Waals surface area contributed by atoms with Gasteiger partial charge in [-0.15, -0.1) is 0 Å². The van der Waals surface area contributed by atoms with Crippen LogP contribution >= 0.6 is 0 Å². The third kappa shape index (κ3) is 4.81. The molecular weight excluding hydrogens is 196 g/mol. The summed E-state index contributed by atoms with van der Waals surface area (Å²) < 4.78 is 0. The molecule has 0 heterocycles. The summed E-state index contributed by atoms with van der Waals surface area (Å²) in [6.45, 7) is 0. The number of rotatable bonds is 2. The minimum atomic E-state index is -0.630. The third-order valence-corrected chi connectivity index (χ3v) is 2.88. The van der Waals surface area contributed by atoms with E-state index in [1.165, 1.54) is 6.42 Å². The molecule has 0 saturated heterocycles. The molecule has 2 fully saturated rings. The Kier molecular flexibility index (Phi) is 4.59. The van der Waals surface area contributed by atoms with Gasteiger partial charge in [-0.3, -0.25) is 9.59 Å². The zero-order valence-corrected chi connectivity index (χ0v) is 8.82. The smallest absolute Gasteiger partial charge is 0.306 e. The molecule has 4 nitrogen and oxygen atoms in total. The average Bonchev–Trinajstić information content (AvgIpc) is 3.03. The first-order valence-corrected chi connectivity index (χ1v) is 5.57. The standard InChI is InChI=1S/C7H12O2.C4H6O2/c8-7(9)6-4-2-1-3-5-6;5-4(6)3-1-2-3/h6H,1-5H2,(H,8,9);3H,1-2H2,(H,5,6). The maximum atomic E-state index is 10.4. The molecule has 2 saturated carbocycles. The normalized spacial score (nSPS) is 21.3. The van der Waals surface area contributed by atoms with Crippen molar-refractivity contribution in [2.75, 3.05) is 0 Å². The molecule has 0 aromatic heterocycles. The van der Waals surface area contributed by atoms with E-state index in [4.69, 9.17) is 10.2 Å². The second kappa shape index (κ2) is 5.73. The Hall–Kier alpha value is -1.06. The predicted octanol–water partition coefficient (Wildman–Crippen LogP) is 2.13. The Bertz CT molecular complexity index is 227. The van der Waals surface area contributed by atoms with Crippen molar-refractivity contribution in [2.45, 2.75) is 44.9 Å². The van der Waals surface area contributed by atoms with Gasteiger partial charge in [-0.25, -0.2) is 0 Å². The van der Waals surface area contributed by atoms with Crippen LogP contribution in [0.3, 0.4) is 0 Å². The molecule has 0 bridgehead atoms. The number of hydrogen-bond donors (Lipinski definition) is 2. The SMILES string of the molecule is O=C(O)C1CC1.O=C(O)C1CCCCC1. The van der Waals surface area contributed by atoms with Crippen molar-refractivity contribution in [3.8, 4) is 0 Å². The van der Waals surface area contributed by atoms with E-state index >= 15 is 0 Å². The van der Waals surface area contributed by atoms with E-state index in [-0.39, 0.29) is 11.8 Å². The van der Waals surface area contributed by atoms with Crippen LogP contribution in [-0.2, 0) is 9.59 Å². The van der Waals surface area contributed by atoms with Crippen LogP contribution in [0.25, 0.3) is 0 Å². The van der Waals surface area contributed by atoms with Crippen LogP contribution in [0.4, 0.5) is 0 Å². The van der Waals surface area contributed by atoms with Crippen LogP contribution in [0.5, 0.6) is 0 Å². The molecule has 0 radical (unpaired) electrons. The number of carboxylic acids is 2. The molecule has 0 spiro atoms. The lowest BCUT2D eigenvalue weighted by Gasteiger charge is -2.16. The van der Waals surface area contributed by atoms with E-state index in [9.17, 15) is 9.59 Å². The van der Waals surface area contributed by atoms with Crippen molar-refractivity contribution in [1.29, 1.82) is 0 Å². The van der Waals surface area contributed by atoms with Gasteiger partial charge >= 0.3 is 11.9 Å². The third-order valence-electron chi connectivity index (χ3n) is 2.88. The number of hydrogen-bond acceptors (Lipinski definition) is 2. The number of carbonyl (C=O) groups is 2. The van der Waals surface area contributed by atoms with Crippen molar-refractivity contribution < 1.29 is 19.8 Å². The lowest BCUT2D eigenvalue weighted by molar-refractivity contribution is -0.142. The van der Waals surface area contributed by atoms with E-state index < -0.39 is 11.9 Å². The monoisotopic (exact) mass is 214 g/mol. The second-order valence-corrected chi connectivity index (χ2v) is 4.29. The number of aliphatic carboxylic acids is 2. The summed E-state index contributed by atoms with van der Waals surface area (Å²) in [5, 5.41) is 16.6. The highest BCUT2D eigenvalue weighted by Crippen LogP contribution is 2.28. The first-order chi connectivity index (χ1) is 7.11. The topological polar surface area (TPSA) is 74.6 Å². The second-order valence-electron chi connectivity index (χ2n) is 4.29. The minimum absolute atomic E-state index is 0.0185. The van der Waals surface area contributed by atoms with Crippen LogP contribution in [-0.4, -0.2) is 22.2 Å². The minimum Gasteiger partial charge on any atom is -0.481 e. The van der Waals surface area contributed by atoms with Crippen molar-refractivity contribution >= 4 is 11.9 Å². The first-order valence-electron chi connectivity index (χ1n) is 5.57. The van der Waals surface area contributed by atoms with Gasteiger partial charge in [0.25, 0.3) is 0 Å². The van der Waals surface area contributed by atoms with Gasteiger partial charge in [-0.05, 0) is 25.7 Å². The van der Waals surface area contributed by atoms with Crippen molar-refractivity contribution in [3.63, 3.8) is 0 Å². The Balaban J connectivity index is 0.000000162. The lowest BCUT2D eigenvalue weighted by Crippen LogP contribution is -2.16. The lowest BCUT2D eigenvalue weighted by atomic mass is 9.90. The maximum Gasteiger partial charge on any atom is 0.306 e. The zero-order chi connectivity index (χ0) is 11.3. The summed E-state index contributed by atoms with van der Waals surface area (Å²) in [6, 6.07) is 0. The van der Waals surface area contributed by atoms with Crippen molar-refractivity contribution in [2.24, 2.45) is 11.8 Å². The number of carboxylic acid groups (broad SMARTS) is 2. The fourth-order valence-corrected chi connectivity index (χ4v) is 1.68. The Morgan fingerprint density at radius 1 is 0.733 bits per heavy atom. The summed E-state index contributed by atoms with van der Waals surface area (Å²) in [7, 11) is 0. The molecule has 0 aromatic carbocycles. The molecule has 2 aliphatic rings. The quantitative estimate of drug-likeness (QED) is 0.738. The fraction of sp³-hybridized carbons (Fsp3) is 0.818. The van der Waals surface area contributed by atoms with Gasteiger partial charge in [0.2, 0.25) is 0 Å². The molecule has 0 unspecified atom stereocenters. The maximum absolute atomic E-state index is 10.4. The molecule has 15 heavy (non-hydrogen) atoms. The predicted molar refractivity (Wildman–Crippen MR) is 54.6 cm³/mol. The van der Waals surface area contributed by atoms with Crippen LogP contribution in [0.15, 0.2) is 0 Å². The summed E-state index contributed by atoms with van der Waals surface area (Å²) in [6.07, 6.45) is 7.03. The summed E-state index contributed by atoms with van der Waals surface area (Å²) in [5.41, 5.74) is 0. The van der Waals surface area contributed by atoms with Crippen molar-refractivity contribution in [3.05, 3.63) is 0 Å². The molecule has 0 amide bonds. The molecule has 2 aliphatic carbocycles. The van der Waals surface area contributed by atoms with E-state index in [0.717, 1.165) is 38.5 Å². The molecule has 2 rings (SSSR count). The van der Waals surface area contributed by atoms with Crippen LogP contribution in [0.1, 0.15) is 44.9 Å². The highest BCUT2D eigenvalue weighted by molar-refractivity contribution is 5.72. The zero-order valence-electron chi connectivity index (χ0n) is 8.82. The molecule has 86 valence electrons. The molecule has 0 aromatic rings. The van der Waals surface area contributed by atoms with E-state index in [1.54, 1.807) is 0 Å². The fourth-order valence-electron chi connectivity index (χ4n) is 1.68. The molecule has 0 atom stereocenters. The van der Waals surface area contributed by atoms with E-state index in [1.807, 2.05) is 0 Å². The van der Waals surface area contributed by atoms with Gasteiger partial charge in [-0.2, -0.15) is 0 Å². The highest BCUT2D eigenvalue weighted by atomic mass is 16.4. The van der Waals surface area contributed by atoms with Gasteiger partial charge in [0.15, 0.2) is 0 Å². The van der Waals surface area contributed by atoms with Crippen LogP contribution < -0.4 is 0 Å². The van der Waals surface area contributed by atoms with Crippen LogP contribution in [0.2, 0.25) is 0 Å². The van der Waals surface area contributed by atoms with Gasteiger partial charge in [0.05, 0.1) is 11.8 Å². The summed E-state index contributed by atoms with van der Waals surface area (Å²) in [5.74, 6) is -1.24. The Morgan fingerprint density at radius 3 is 1.33 bits per heavy atom. The molecule has 0 aliphatic heterocycles. The Morgan fingerprint density at radius 2 is 1.13 bits per heavy atom. The van der Waals surface area contributed by atoms with Crippen molar-refractivity contribution in [1.82, 2.24) is 0 Å². The molecular formula is C11H18O4. The highest BCUT2D eigenvalue weighted by Gasteiger charge is 2.28. The van der Waals surface area contributed by atoms with Crippen LogP contribution in [0, 0.1) is 11.8 Å². The van der Waals surface area contributed by atoms with Gasteiger partial charge in [0, 0.05) is 0 Å². The average molecular weight is 214 g/mol. The van der Waals surface area contributed by atoms with Gasteiger partial charge < -0.3 is 10.2 Å². The summed E-state index contributed by atoms with van der Waals surface area (Å²) >= 11 is 0. The van der Waals surface area contributed by atoms with E-state index in [0.29, 0.717) is 0 Å². The largest absolute Gasteiger partial charge is 0.481 e. The van der Waals surface area contributed by atoms with Gasteiger partial charge in [-0.1, -0.05) is 19.3 Å². The van der Waals surface area contributed by atoms with Gasteiger partial charge in [0.1, 0.15) is 0 Å². The molecule has 4 heteroatoms.